The molecule has 18 heavy (non-hydrogen) atoms. The molecule has 0 spiro atoms. The van der Waals surface area contributed by atoms with Crippen LogP contribution in [0.15, 0.2) is 12.2 Å². The molecule has 0 bridgehead atoms. The minimum absolute atomic E-state index is 0.0393. The Morgan fingerprint density at radius 3 is 2.28 bits per heavy atom. The summed E-state index contributed by atoms with van der Waals surface area (Å²) in [5.74, 6) is 0.0198. The summed E-state index contributed by atoms with van der Waals surface area (Å²) in [6, 6.07) is 0. The Morgan fingerprint density at radius 1 is 1.17 bits per heavy atom. The predicted octanol–water partition coefficient (Wildman–Crippen LogP) is 4.88. The number of unbranched alkanes of at least 4 members (excludes halogenated alkanes) is 2. The quantitative estimate of drug-likeness (QED) is 0.350. The highest BCUT2D eigenvalue weighted by molar-refractivity contribution is 5.72. The van der Waals surface area contributed by atoms with Gasteiger partial charge in [0.2, 0.25) is 0 Å². The van der Waals surface area contributed by atoms with Crippen molar-refractivity contribution in [3.05, 3.63) is 12.2 Å². The lowest BCUT2D eigenvalue weighted by molar-refractivity contribution is -0.160. The normalized spacial score (nSPS) is 13.8. The van der Waals surface area contributed by atoms with Gasteiger partial charge in [-0.25, -0.2) is 0 Å². The molecular weight excluding hydrogens is 224 g/mol. The third-order valence-electron chi connectivity index (χ3n) is 2.78. The highest BCUT2D eigenvalue weighted by Crippen LogP contribution is 2.18. The van der Waals surface area contributed by atoms with Crippen molar-refractivity contribution in [3.8, 4) is 0 Å². The van der Waals surface area contributed by atoms with Gasteiger partial charge in [0.25, 0.3) is 0 Å². The second-order valence-corrected chi connectivity index (χ2v) is 5.83. The third kappa shape index (κ3) is 9.26. The molecule has 0 aromatic rings. The lowest BCUT2D eigenvalue weighted by Gasteiger charge is -2.23. The van der Waals surface area contributed by atoms with Crippen molar-refractivity contribution in [1.82, 2.24) is 0 Å². The molecule has 0 saturated carbocycles. The summed E-state index contributed by atoms with van der Waals surface area (Å²) < 4.78 is 5.43. The Morgan fingerprint density at radius 2 is 1.78 bits per heavy atom. The molecule has 0 fully saturated rings. The third-order valence-corrected chi connectivity index (χ3v) is 2.78. The molecule has 0 aliphatic carbocycles. The first-order valence-electron chi connectivity index (χ1n) is 7.28. The maximum absolute atomic E-state index is 11.9. The van der Waals surface area contributed by atoms with E-state index in [-0.39, 0.29) is 17.5 Å². The van der Waals surface area contributed by atoms with Crippen molar-refractivity contribution in [2.75, 3.05) is 0 Å². The van der Waals surface area contributed by atoms with Crippen LogP contribution in [0.25, 0.3) is 0 Å². The Labute approximate surface area is 113 Å². The largest absolute Gasteiger partial charge is 0.460 e. The standard InChI is InChI=1S/C16H30O2/c1-6-8-9-10-11-12-13-14(7-2)15(17)18-16(3,4)5/h9-10,14H,6-8,11-13H2,1-5H3/b10-9+. The number of hydrogen-bond acceptors (Lipinski definition) is 2. The summed E-state index contributed by atoms with van der Waals surface area (Å²) in [4.78, 5) is 11.9. The zero-order valence-electron chi connectivity index (χ0n) is 12.8. The van der Waals surface area contributed by atoms with Crippen molar-refractivity contribution in [3.63, 3.8) is 0 Å². The molecule has 1 unspecified atom stereocenters. The monoisotopic (exact) mass is 254 g/mol. The minimum Gasteiger partial charge on any atom is -0.460 e. The van der Waals surface area contributed by atoms with E-state index in [0.29, 0.717) is 0 Å². The molecule has 0 heterocycles. The van der Waals surface area contributed by atoms with Crippen LogP contribution in [0.1, 0.15) is 73.1 Å². The van der Waals surface area contributed by atoms with E-state index < -0.39 is 0 Å². The highest BCUT2D eigenvalue weighted by atomic mass is 16.6. The Hall–Kier alpha value is -0.790. The number of carbonyl (C=O) groups is 1. The Kier molecular flexibility index (Phi) is 8.78. The van der Waals surface area contributed by atoms with Crippen LogP contribution in [0.2, 0.25) is 0 Å². The van der Waals surface area contributed by atoms with Crippen molar-refractivity contribution in [2.45, 2.75) is 78.7 Å². The first kappa shape index (κ1) is 17.2. The Bertz CT molecular complexity index is 248. The van der Waals surface area contributed by atoms with E-state index >= 15 is 0 Å². The van der Waals surface area contributed by atoms with E-state index in [1.54, 1.807) is 0 Å². The molecule has 0 radical (unpaired) electrons. The lowest BCUT2D eigenvalue weighted by Crippen LogP contribution is -2.28. The zero-order valence-corrected chi connectivity index (χ0v) is 12.8. The first-order chi connectivity index (χ1) is 8.40. The van der Waals surface area contributed by atoms with Gasteiger partial charge in [0, 0.05) is 0 Å². The van der Waals surface area contributed by atoms with Crippen LogP contribution in [0, 0.1) is 5.92 Å². The number of carbonyl (C=O) groups excluding carboxylic acids is 1. The van der Waals surface area contributed by atoms with Crippen LogP contribution < -0.4 is 0 Å². The van der Waals surface area contributed by atoms with Crippen LogP contribution in [0.5, 0.6) is 0 Å². The summed E-state index contributed by atoms with van der Waals surface area (Å²) in [5.41, 5.74) is -0.370. The molecule has 0 N–H and O–H groups in total. The van der Waals surface area contributed by atoms with Gasteiger partial charge in [0.1, 0.15) is 5.60 Å². The molecule has 0 amide bonds. The van der Waals surface area contributed by atoms with E-state index in [2.05, 4.69) is 26.0 Å². The van der Waals surface area contributed by atoms with Crippen molar-refractivity contribution >= 4 is 5.97 Å². The van der Waals surface area contributed by atoms with Gasteiger partial charge in [0.15, 0.2) is 0 Å². The van der Waals surface area contributed by atoms with Crippen LogP contribution in [-0.4, -0.2) is 11.6 Å². The summed E-state index contributed by atoms with van der Waals surface area (Å²) in [5, 5.41) is 0. The summed E-state index contributed by atoms with van der Waals surface area (Å²) in [7, 11) is 0. The van der Waals surface area contributed by atoms with E-state index in [1.807, 2.05) is 20.8 Å². The molecule has 1 atom stereocenters. The van der Waals surface area contributed by atoms with E-state index in [9.17, 15) is 4.79 Å². The van der Waals surface area contributed by atoms with Crippen LogP contribution in [-0.2, 0) is 9.53 Å². The fourth-order valence-electron chi connectivity index (χ4n) is 1.76. The number of esters is 1. The van der Waals surface area contributed by atoms with Crippen molar-refractivity contribution in [2.24, 2.45) is 5.92 Å². The maximum atomic E-state index is 11.9. The van der Waals surface area contributed by atoms with Crippen LogP contribution >= 0.6 is 0 Å². The molecule has 0 saturated heterocycles. The van der Waals surface area contributed by atoms with Crippen molar-refractivity contribution < 1.29 is 9.53 Å². The fourth-order valence-corrected chi connectivity index (χ4v) is 1.76. The van der Waals surface area contributed by atoms with Gasteiger partial charge in [-0.15, -0.1) is 0 Å². The smallest absolute Gasteiger partial charge is 0.309 e. The predicted molar refractivity (Wildman–Crippen MR) is 77.5 cm³/mol. The molecule has 0 rings (SSSR count). The van der Waals surface area contributed by atoms with Gasteiger partial charge in [-0.1, -0.05) is 32.4 Å². The second-order valence-electron chi connectivity index (χ2n) is 5.83. The van der Waals surface area contributed by atoms with E-state index in [1.165, 1.54) is 6.42 Å². The fraction of sp³-hybridized carbons (Fsp3) is 0.812. The lowest BCUT2D eigenvalue weighted by atomic mass is 9.99. The molecular formula is C16H30O2. The molecule has 2 heteroatoms. The minimum atomic E-state index is -0.370. The number of rotatable bonds is 8. The molecule has 0 aliphatic heterocycles. The van der Waals surface area contributed by atoms with E-state index in [0.717, 1.165) is 32.1 Å². The second kappa shape index (κ2) is 9.18. The van der Waals surface area contributed by atoms with Gasteiger partial charge >= 0.3 is 5.97 Å². The number of ether oxygens (including phenoxy) is 1. The van der Waals surface area contributed by atoms with Crippen LogP contribution in [0.4, 0.5) is 0 Å². The van der Waals surface area contributed by atoms with Gasteiger partial charge in [0.05, 0.1) is 5.92 Å². The topological polar surface area (TPSA) is 26.3 Å². The van der Waals surface area contributed by atoms with Gasteiger partial charge < -0.3 is 4.74 Å². The van der Waals surface area contributed by atoms with Gasteiger partial charge in [-0.3, -0.25) is 4.79 Å². The Balaban J connectivity index is 3.93. The highest BCUT2D eigenvalue weighted by Gasteiger charge is 2.23. The number of hydrogen-bond donors (Lipinski definition) is 0. The average molecular weight is 254 g/mol. The summed E-state index contributed by atoms with van der Waals surface area (Å²) in [6.07, 6.45) is 10.8. The SMILES string of the molecule is CCC/C=C/CCCC(CC)C(=O)OC(C)(C)C. The van der Waals surface area contributed by atoms with Gasteiger partial charge in [-0.05, 0) is 52.9 Å². The summed E-state index contributed by atoms with van der Waals surface area (Å²) >= 11 is 0. The van der Waals surface area contributed by atoms with Gasteiger partial charge in [-0.2, -0.15) is 0 Å². The zero-order chi connectivity index (χ0) is 14.0. The molecule has 2 nitrogen and oxygen atoms in total. The number of allylic oxidation sites excluding steroid dienone is 2. The van der Waals surface area contributed by atoms with Crippen molar-refractivity contribution in [1.29, 1.82) is 0 Å². The van der Waals surface area contributed by atoms with E-state index in [4.69, 9.17) is 4.74 Å². The average Bonchev–Trinajstić information content (AvgIpc) is 2.25. The molecule has 0 aliphatic rings. The maximum Gasteiger partial charge on any atom is 0.309 e. The summed E-state index contributed by atoms with van der Waals surface area (Å²) in [6.45, 7) is 10.0. The molecule has 0 aromatic carbocycles. The molecule has 106 valence electrons. The first-order valence-corrected chi connectivity index (χ1v) is 7.28. The van der Waals surface area contributed by atoms with Crippen LogP contribution in [0.3, 0.4) is 0 Å². The molecule has 0 aromatic heterocycles.